The summed E-state index contributed by atoms with van der Waals surface area (Å²) < 4.78 is 26.9. The molecule has 2 aliphatic heterocycles. The topological polar surface area (TPSA) is 81.5 Å². The first-order valence-corrected chi connectivity index (χ1v) is 10.5. The Bertz CT molecular complexity index is 737. The van der Waals surface area contributed by atoms with E-state index in [2.05, 4.69) is 6.07 Å². The summed E-state index contributed by atoms with van der Waals surface area (Å²) in [5.41, 5.74) is 0. The highest BCUT2D eigenvalue weighted by molar-refractivity contribution is 7.91. The van der Waals surface area contributed by atoms with Crippen molar-refractivity contribution in [1.82, 2.24) is 9.21 Å². The van der Waals surface area contributed by atoms with E-state index in [1.807, 2.05) is 0 Å². The molecule has 0 spiro atoms. The van der Waals surface area contributed by atoms with Crippen molar-refractivity contribution in [2.24, 2.45) is 5.92 Å². The van der Waals surface area contributed by atoms with Gasteiger partial charge >= 0.3 is 0 Å². The van der Waals surface area contributed by atoms with E-state index in [0.29, 0.717) is 30.4 Å². The number of rotatable bonds is 4. The van der Waals surface area contributed by atoms with Crippen molar-refractivity contribution in [2.75, 3.05) is 26.2 Å². The predicted octanol–water partition coefficient (Wildman–Crippen LogP) is 1.84. The summed E-state index contributed by atoms with van der Waals surface area (Å²) in [5, 5.41) is 8.91. The first-order chi connectivity index (χ1) is 11.5. The van der Waals surface area contributed by atoms with E-state index in [4.69, 9.17) is 5.26 Å². The molecule has 0 aliphatic carbocycles. The molecule has 130 valence electrons. The number of likely N-dealkylation sites (tertiary alicyclic amines) is 1. The van der Waals surface area contributed by atoms with Gasteiger partial charge in [0.1, 0.15) is 4.21 Å². The molecule has 0 radical (unpaired) electrons. The Morgan fingerprint density at radius 2 is 1.88 bits per heavy atom. The molecule has 1 aromatic heterocycles. The number of amides is 1. The van der Waals surface area contributed by atoms with E-state index in [0.717, 1.165) is 30.6 Å². The van der Waals surface area contributed by atoms with Crippen LogP contribution in [0.1, 0.15) is 30.6 Å². The third-order valence-electron chi connectivity index (χ3n) is 4.65. The molecule has 1 aromatic rings. The van der Waals surface area contributed by atoms with Crippen molar-refractivity contribution in [2.45, 2.75) is 36.3 Å². The van der Waals surface area contributed by atoms with E-state index in [-0.39, 0.29) is 18.2 Å². The molecule has 0 atom stereocenters. The summed E-state index contributed by atoms with van der Waals surface area (Å²) >= 11 is 1.19. The molecule has 0 N–H and O–H groups in total. The van der Waals surface area contributed by atoms with Gasteiger partial charge in [-0.2, -0.15) is 9.57 Å². The lowest BCUT2D eigenvalue weighted by molar-refractivity contribution is -0.131. The SMILES string of the molecule is N#CC1CCN(C(=O)Cc2ccc(S(=O)(=O)N3CCCC3)s2)CC1. The number of nitrogens with zero attached hydrogens (tertiary/aromatic N) is 3. The number of carbonyl (C=O) groups excluding carboxylic acids is 1. The smallest absolute Gasteiger partial charge is 0.252 e. The summed E-state index contributed by atoms with van der Waals surface area (Å²) in [7, 11) is -3.40. The zero-order valence-electron chi connectivity index (χ0n) is 13.5. The van der Waals surface area contributed by atoms with Gasteiger partial charge in [0.05, 0.1) is 12.5 Å². The van der Waals surface area contributed by atoms with Crippen LogP contribution >= 0.6 is 11.3 Å². The fourth-order valence-electron chi connectivity index (χ4n) is 3.17. The van der Waals surface area contributed by atoms with Crippen LogP contribution in [-0.4, -0.2) is 49.7 Å². The lowest BCUT2D eigenvalue weighted by Crippen LogP contribution is -2.38. The monoisotopic (exact) mass is 367 g/mol. The van der Waals surface area contributed by atoms with Gasteiger partial charge in [0.15, 0.2) is 0 Å². The van der Waals surface area contributed by atoms with Crippen LogP contribution in [0.15, 0.2) is 16.3 Å². The van der Waals surface area contributed by atoms with Crippen molar-refractivity contribution < 1.29 is 13.2 Å². The molecule has 1 amide bonds. The van der Waals surface area contributed by atoms with E-state index in [1.165, 1.54) is 15.6 Å². The fraction of sp³-hybridized carbons (Fsp3) is 0.625. The third-order valence-corrected chi connectivity index (χ3v) is 8.10. The number of nitriles is 1. The standard InChI is InChI=1S/C16H21N3O3S2/c17-12-13-5-9-18(10-6-13)15(20)11-14-3-4-16(23-14)24(21,22)19-7-1-2-8-19/h3-4,13H,1-2,5-11H2. The van der Waals surface area contributed by atoms with Crippen LogP contribution in [0.3, 0.4) is 0 Å². The van der Waals surface area contributed by atoms with Gasteiger partial charge in [-0.1, -0.05) is 0 Å². The Hall–Kier alpha value is -1.43. The maximum atomic E-state index is 12.5. The van der Waals surface area contributed by atoms with Crippen LogP contribution in [0.4, 0.5) is 0 Å². The van der Waals surface area contributed by atoms with Crippen LogP contribution in [0, 0.1) is 17.2 Å². The number of thiophene rings is 1. The summed E-state index contributed by atoms with van der Waals surface area (Å²) in [6.07, 6.45) is 3.50. The highest BCUT2D eigenvalue weighted by Gasteiger charge is 2.29. The van der Waals surface area contributed by atoms with Gasteiger partial charge in [0, 0.05) is 37.0 Å². The van der Waals surface area contributed by atoms with Crippen molar-refractivity contribution in [1.29, 1.82) is 5.26 Å². The van der Waals surface area contributed by atoms with Crippen molar-refractivity contribution in [3.8, 4) is 6.07 Å². The maximum absolute atomic E-state index is 12.5. The summed E-state index contributed by atoms with van der Waals surface area (Å²) in [5.74, 6) is 0.0614. The Kier molecular flexibility index (Phi) is 5.23. The first kappa shape index (κ1) is 17.4. The van der Waals surface area contributed by atoms with Crippen LogP contribution in [-0.2, 0) is 21.2 Å². The van der Waals surface area contributed by atoms with Gasteiger partial charge in [-0.05, 0) is 37.8 Å². The highest BCUT2D eigenvalue weighted by Crippen LogP contribution is 2.28. The number of carbonyl (C=O) groups is 1. The Balaban J connectivity index is 1.62. The molecule has 6 nitrogen and oxygen atoms in total. The minimum absolute atomic E-state index is 0.0124. The van der Waals surface area contributed by atoms with Gasteiger partial charge in [0.25, 0.3) is 10.0 Å². The number of sulfonamides is 1. The predicted molar refractivity (Wildman–Crippen MR) is 90.9 cm³/mol. The normalized spacial score (nSPS) is 20.2. The molecule has 3 heterocycles. The molecule has 3 rings (SSSR count). The molecule has 0 saturated carbocycles. The molecule has 2 aliphatic rings. The molecule has 2 saturated heterocycles. The second-order valence-corrected chi connectivity index (χ2v) is 9.63. The molecule has 0 unspecified atom stereocenters. The van der Waals surface area contributed by atoms with E-state index in [9.17, 15) is 13.2 Å². The average Bonchev–Trinajstić information content (AvgIpc) is 3.27. The zero-order valence-corrected chi connectivity index (χ0v) is 15.1. The van der Waals surface area contributed by atoms with E-state index < -0.39 is 10.0 Å². The lowest BCUT2D eigenvalue weighted by atomic mass is 9.98. The second-order valence-electron chi connectivity index (χ2n) is 6.29. The molecular weight excluding hydrogens is 346 g/mol. The largest absolute Gasteiger partial charge is 0.342 e. The van der Waals surface area contributed by atoms with Crippen molar-refractivity contribution >= 4 is 27.3 Å². The van der Waals surface area contributed by atoms with Crippen LogP contribution < -0.4 is 0 Å². The number of hydrogen-bond donors (Lipinski definition) is 0. The van der Waals surface area contributed by atoms with Gasteiger partial charge in [-0.15, -0.1) is 11.3 Å². The molecular formula is C16H21N3O3S2. The summed E-state index contributed by atoms with van der Waals surface area (Å²) in [6, 6.07) is 5.61. The molecule has 2 fully saturated rings. The summed E-state index contributed by atoms with van der Waals surface area (Å²) in [4.78, 5) is 14.9. The first-order valence-electron chi connectivity index (χ1n) is 8.27. The van der Waals surface area contributed by atoms with E-state index >= 15 is 0 Å². The maximum Gasteiger partial charge on any atom is 0.252 e. The Labute approximate surface area is 146 Å². The molecule has 24 heavy (non-hydrogen) atoms. The average molecular weight is 367 g/mol. The van der Waals surface area contributed by atoms with Crippen molar-refractivity contribution in [3.63, 3.8) is 0 Å². The second kappa shape index (κ2) is 7.21. The Morgan fingerprint density at radius 3 is 2.50 bits per heavy atom. The summed E-state index contributed by atoms with van der Waals surface area (Å²) in [6.45, 7) is 2.40. The zero-order chi connectivity index (χ0) is 17.2. The fourth-order valence-corrected chi connectivity index (χ4v) is 6.18. The minimum Gasteiger partial charge on any atom is -0.342 e. The number of hydrogen-bond acceptors (Lipinski definition) is 5. The third kappa shape index (κ3) is 3.63. The highest BCUT2D eigenvalue weighted by atomic mass is 32.2. The lowest BCUT2D eigenvalue weighted by Gasteiger charge is -2.29. The quantitative estimate of drug-likeness (QED) is 0.813. The van der Waals surface area contributed by atoms with Crippen LogP contribution in [0.5, 0.6) is 0 Å². The molecule has 0 aromatic carbocycles. The van der Waals surface area contributed by atoms with Crippen molar-refractivity contribution in [3.05, 3.63) is 17.0 Å². The molecule has 8 heteroatoms. The van der Waals surface area contributed by atoms with Gasteiger partial charge in [-0.3, -0.25) is 4.79 Å². The van der Waals surface area contributed by atoms with Crippen LogP contribution in [0.25, 0.3) is 0 Å². The number of piperidine rings is 1. The van der Waals surface area contributed by atoms with Gasteiger partial charge < -0.3 is 4.90 Å². The van der Waals surface area contributed by atoms with Crippen LogP contribution in [0.2, 0.25) is 0 Å². The van der Waals surface area contributed by atoms with Gasteiger partial charge in [-0.25, -0.2) is 8.42 Å². The van der Waals surface area contributed by atoms with Gasteiger partial charge in [0.2, 0.25) is 5.91 Å². The van der Waals surface area contributed by atoms with E-state index in [1.54, 1.807) is 17.0 Å². The molecule has 0 bridgehead atoms. The minimum atomic E-state index is -3.40. The Morgan fingerprint density at radius 1 is 1.21 bits per heavy atom.